The number of carbonyl (C=O) groups excluding carboxylic acids is 6. The van der Waals surface area contributed by atoms with Crippen molar-refractivity contribution in [3.05, 3.63) is 11.4 Å². The van der Waals surface area contributed by atoms with E-state index in [-0.39, 0.29) is 88.8 Å². The van der Waals surface area contributed by atoms with Crippen LogP contribution in [0, 0.1) is 0 Å². The van der Waals surface area contributed by atoms with E-state index >= 15 is 0 Å². The normalized spacial score (nSPS) is 12.4. The summed E-state index contributed by atoms with van der Waals surface area (Å²) >= 11 is 0. The number of nitrogens with one attached hydrogen (secondary N) is 6. The molecule has 6 amide bonds. The van der Waals surface area contributed by atoms with Gasteiger partial charge in [0, 0.05) is 52.4 Å². The number of hydrogen-bond donors (Lipinski definition) is 18. The van der Waals surface area contributed by atoms with Crippen LogP contribution < -0.4 is 101 Å². The fourth-order valence-electron chi connectivity index (χ4n) is 5.35. The van der Waals surface area contributed by atoms with Crippen molar-refractivity contribution in [3.63, 3.8) is 0 Å². The maximum Gasteiger partial charge on any atom is 0.274 e. The summed E-state index contributed by atoms with van der Waals surface area (Å²) in [6, 6.07) is -4.05. The number of rotatable bonds is 30. The summed E-state index contributed by atoms with van der Waals surface area (Å²) in [4.78, 5) is 101. The Morgan fingerprint density at radius 2 is 0.703 bits per heavy atom. The smallest absolute Gasteiger partial charge is 0.274 e. The first-order valence-electron chi connectivity index (χ1n) is 20.1. The third kappa shape index (κ3) is 22.9. The highest BCUT2D eigenvalue weighted by Gasteiger charge is 2.28. The fraction of sp³-hybridized carbons (Fsp3) is 0.588. The third-order valence-electron chi connectivity index (χ3n) is 8.57. The van der Waals surface area contributed by atoms with Gasteiger partial charge in [0.05, 0.1) is 12.1 Å². The number of nitrogens with zero attached hydrogens (tertiary/aromatic N) is 6. The van der Waals surface area contributed by atoms with Crippen LogP contribution in [-0.2, 0) is 19.2 Å². The van der Waals surface area contributed by atoms with E-state index in [2.05, 4.69) is 61.8 Å². The van der Waals surface area contributed by atoms with Gasteiger partial charge in [0.2, 0.25) is 23.6 Å². The van der Waals surface area contributed by atoms with Gasteiger partial charge in [-0.05, 0) is 51.4 Å². The summed E-state index contributed by atoms with van der Waals surface area (Å²) in [7, 11) is 0. The average molecular weight is 907 g/mol. The number of guanidine groups is 4. The van der Waals surface area contributed by atoms with E-state index in [0.29, 0.717) is 38.8 Å². The number of carbonyl (C=O) groups is 6. The topological polar surface area (TPSA) is 562 Å². The highest BCUT2D eigenvalue weighted by Crippen LogP contribution is 2.15. The van der Waals surface area contributed by atoms with Crippen molar-refractivity contribution in [3.8, 4) is 0 Å². The Kier molecular flexibility index (Phi) is 25.3. The minimum Gasteiger partial charge on any atom is -0.382 e. The summed E-state index contributed by atoms with van der Waals surface area (Å²) in [6.07, 6.45) is 2.14. The number of aromatic nitrogens is 2. The molecule has 1 aromatic rings. The molecule has 0 spiro atoms. The Morgan fingerprint density at radius 1 is 0.438 bits per heavy atom. The maximum atomic E-state index is 13.4. The summed E-state index contributed by atoms with van der Waals surface area (Å²) in [5.74, 6) is -5.71. The van der Waals surface area contributed by atoms with Gasteiger partial charge < -0.3 is 101 Å². The van der Waals surface area contributed by atoms with Gasteiger partial charge in [0.1, 0.15) is 12.1 Å². The van der Waals surface area contributed by atoms with Crippen molar-refractivity contribution >= 4 is 70.9 Å². The largest absolute Gasteiger partial charge is 0.382 e. The molecule has 2 unspecified atom stereocenters. The molecule has 4 atom stereocenters. The molecule has 0 aliphatic rings. The van der Waals surface area contributed by atoms with Gasteiger partial charge in [-0.1, -0.05) is 0 Å². The van der Waals surface area contributed by atoms with Gasteiger partial charge in [-0.3, -0.25) is 48.7 Å². The van der Waals surface area contributed by atoms with E-state index in [9.17, 15) is 28.8 Å². The maximum absolute atomic E-state index is 13.4. The number of aliphatic imine (C=N–C) groups is 4. The highest BCUT2D eigenvalue weighted by molar-refractivity contribution is 6.03. The van der Waals surface area contributed by atoms with Crippen LogP contribution in [0.2, 0.25) is 0 Å². The first-order chi connectivity index (χ1) is 30.2. The number of amides is 6. The molecule has 64 heavy (non-hydrogen) atoms. The lowest BCUT2D eigenvalue weighted by atomic mass is 10.1. The van der Waals surface area contributed by atoms with Crippen LogP contribution in [0.3, 0.4) is 0 Å². The molecule has 1 heterocycles. The molecule has 358 valence electrons. The van der Waals surface area contributed by atoms with Crippen molar-refractivity contribution in [1.82, 2.24) is 41.9 Å². The zero-order valence-electron chi connectivity index (χ0n) is 35.7. The summed E-state index contributed by atoms with van der Waals surface area (Å²) in [6.45, 7) is 0.807. The van der Waals surface area contributed by atoms with Crippen molar-refractivity contribution in [1.29, 1.82) is 0 Å². The molecular weight excluding hydrogens is 841 g/mol. The summed E-state index contributed by atoms with van der Waals surface area (Å²) in [5.41, 5.74) is 65.6. The first kappa shape index (κ1) is 54.5. The van der Waals surface area contributed by atoms with Crippen molar-refractivity contribution < 1.29 is 28.8 Å². The van der Waals surface area contributed by atoms with Gasteiger partial charge in [0.15, 0.2) is 46.9 Å². The minimum atomic E-state index is -1.19. The standard InChI is InChI=1S/C34H66N24O6/c35-17(5-1-9-51-31(39)40)25(59)47-13-15-49-27(61)19(7-3-11-53-33(43)44)55-29(63)21-23(37)58-22(24(38)57-21)30(64)56-20(8-4-12-54-34(45)46)28(62)50-16-14-48-26(60)18(36)6-2-10-52-32(41)42/h17-20H,1-16,35-36H2,(H2,38,57)(H2,37,58)(H,47,59)(H,48,60)(H,49,61)(H,50,62)(H,55,63)(H,56,64)(H4,39,40,51)(H4,41,42,52)(H4,43,44,53)(H4,45,46,54)/t17-,18?,19-,20?/m0/s1. The van der Waals surface area contributed by atoms with Crippen LogP contribution in [-0.4, -0.2) is 146 Å². The van der Waals surface area contributed by atoms with Crippen LogP contribution in [0.1, 0.15) is 72.3 Å². The lowest BCUT2D eigenvalue weighted by Crippen LogP contribution is -2.50. The molecule has 30 nitrogen and oxygen atoms in total. The van der Waals surface area contributed by atoms with Crippen LogP contribution in [0.15, 0.2) is 20.0 Å². The molecule has 0 fully saturated rings. The van der Waals surface area contributed by atoms with E-state index < -0.39 is 82.6 Å². The quantitative estimate of drug-likeness (QED) is 0.0194. The molecule has 0 aliphatic heterocycles. The molecule has 0 saturated heterocycles. The number of hydrogen-bond acceptors (Lipinski definition) is 16. The van der Waals surface area contributed by atoms with E-state index in [0.717, 1.165) is 0 Å². The molecule has 30 N–H and O–H groups in total. The van der Waals surface area contributed by atoms with Gasteiger partial charge >= 0.3 is 0 Å². The van der Waals surface area contributed by atoms with Crippen LogP contribution in [0.25, 0.3) is 0 Å². The Balaban J connectivity index is 3.01. The zero-order chi connectivity index (χ0) is 48.2. The van der Waals surface area contributed by atoms with Crippen molar-refractivity contribution in [2.24, 2.45) is 77.3 Å². The average Bonchev–Trinajstić information content (AvgIpc) is 3.22. The molecule has 1 aromatic heterocycles. The summed E-state index contributed by atoms with van der Waals surface area (Å²) < 4.78 is 0. The lowest BCUT2D eigenvalue weighted by molar-refractivity contribution is -0.124. The lowest BCUT2D eigenvalue weighted by Gasteiger charge is -2.20. The second kappa shape index (κ2) is 29.7. The summed E-state index contributed by atoms with van der Waals surface area (Å²) in [5, 5.41) is 15.5. The molecular formula is C34H66N24O6. The number of nitrogen functional groups attached to an aromatic ring is 2. The molecule has 30 heteroatoms. The Bertz CT molecular complexity index is 1690. The molecule has 0 saturated carbocycles. The third-order valence-corrected chi connectivity index (χ3v) is 8.57. The fourth-order valence-corrected chi connectivity index (χ4v) is 5.35. The van der Waals surface area contributed by atoms with Gasteiger partial charge in [-0.25, -0.2) is 9.97 Å². The molecule has 1 rings (SSSR count). The van der Waals surface area contributed by atoms with E-state index in [1.54, 1.807) is 0 Å². The van der Waals surface area contributed by atoms with Gasteiger partial charge in [-0.2, -0.15) is 0 Å². The second-order valence-electron chi connectivity index (χ2n) is 13.9. The molecule has 0 bridgehead atoms. The Hall–Kier alpha value is -7.50. The van der Waals surface area contributed by atoms with Crippen LogP contribution in [0.4, 0.5) is 11.6 Å². The van der Waals surface area contributed by atoms with Crippen LogP contribution >= 0.6 is 0 Å². The number of anilines is 2. The first-order valence-corrected chi connectivity index (χ1v) is 20.1. The Labute approximate surface area is 369 Å². The van der Waals surface area contributed by atoms with Gasteiger partial charge in [0.25, 0.3) is 11.8 Å². The van der Waals surface area contributed by atoms with E-state index in [4.69, 9.17) is 68.8 Å². The monoisotopic (exact) mass is 907 g/mol. The van der Waals surface area contributed by atoms with Gasteiger partial charge in [-0.15, -0.1) is 0 Å². The predicted octanol–water partition coefficient (Wildman–Crippen LogP) is -8.83. The highest BCUT2D eigenvalue weighted by atomic mass is 16.2. The van der Waals surface area contributed by atoms with E-state index in [1.807, 2.05) is 0 Å². The van der Waals surface area contributed by atoms with E-state index in [1.165, 1.54) is 0 Å². The molecule has 0 aliphatic carbocycles. The van der Waals surface area contributed by atoms with Crippen LogP contribution in [0.5, 0.6) is 0 Å². The Morgan fingerprint density at radius 3 is 0.984 bits per heavy atom. The number of nitrogens with two attached hydrogens (primary N) is 12. The SMILES string of the molecule is NC(N)=NCCCC(N)C(=O)NCCNC(=O)C(CCCN=C(N)N)NC(=O)c1nc(N)c(C(=O)N[C@@H](CCCN=C(N)N)C(=O)NCCNC(=O)[C@@H](N)CCCN=C(N)N)nc1N. The molecule has 0 radical (unpaired) electrons. The molecule has 0 aromatic carbocycles. The van der Waals surface area contributed by atoms with Crippen molar-refractivity contribution in [2.75, 3.05) is 63.8 Å². The minimum absolute atomic E-state index is 0.00984. The van der Waals surface area contributed by atoms with Crippen molar-refractivity contribution in [2.45, 2.75) is 75.5 Å². The zero-order valence-corrected chi connectivity index (χ0v) is 35.7. The predicted molar refractivity (Wildman–Crippen MR) is 241 cm³/mol. The second-order valence-corrected chi connectivity index (χ2v) is 13.9.